The summed E-state index contributed by atoms with van der Waals surface area (Å²) >= 11 is 6.29. The van der Waals surface area contributed by atoms with Crippen molar-refractivity contribution in [1.82, 2.24) is 28.3 Å². The molecule has 0 fully saturated rings. The number of benzene rings is 2. The SMILES string of the molecule is Cc1cccc(Cn2c3c(=O)n(C)c(=O)n(C)c3n3c(-c4c(F)cccc4Cl)nnc23)c1. The lowest BCUT2D eigenvalue weighted by molar-refractivity contribution is 0.629. The van der Waals surface area contributed by atoms with Crippen LogP contribution >= 0.6 is 11.6 Å². The summed E-state index contributed by atoms with van der Waals surface area (Å²) in [5.41, 5.74) is 1.58. The minimum absolute atomic E-state index is 0.0457. The Kier molecular flexibility index (Phi) is 4.52. The van der Waals surface area contributed by atoms with Crippen molar-refractivity contribution in [2.75, 3.05) is 0 Å². The van der Waals surface area contributed by atoms with Gasteiger partial charge in [-0.1, -0.05) is 47.5 Å². The monoisotopic (exact) mass is 452 g/mol. The quantitative estimate of drug-likeness (QED) is 0.421. The van der Waals surface area contributed by atoms with Crippen LogP contribution in [0.15, 0.2) is 52.1 Å². The Morgan fingerprint density at radius 3 is 2.50 bits per heavy atom. The Morgan fingerprint density at radius 1 is 1.03 bits per heavy atom. The third kappa shape index (κ3) is 2.81. The second-order valence-electron chi connectivity index (χ2n) is 7.71. The lowest BCUT2D eigenvalue weighted by atomic mass is 10.1. The van der Waals surface area contributed by atoms with Gasteiger partial charge in [-0.2, -0.15) is 0 Å². The molecule has 8 nitrogen and oxygen atoms in total. The maximum Gasteiger partial charge on any atom is 0.332 e. The highest BCUT2D eigenvalue weighted by Crippen LogP contribution is 2.32. The number of fused-ring (bicyclic) bond motifs is 3. The zero-order valence-electron chi connectivity index (χ0n) is 17.5. The first-order chi connectivity index (χ1) is 15.3. The summed E-state index contributed by atoms with van der Waals surface area (Å²) in [4.78, 5) is 25.9. The topological polar surface area (TPSA) is 79.1 Å². The Hall–Kier alpha value is -3.72. The zero-order valence-corrected chi connectivity index (χ0v) is 18.3. The molecule has 5 rings (SSSR count). The van der Waals surface area contributed by atoms with E-state index in [9.17, 15) is 14.0 Å². The summed E-state index contributed by atoms with van der Waals surface area (Å²) in [5, 5.41) is 8.59. The Morgan fingerprint density at radius 2 is 1.78 bits per heavy atom. The molecule has 0 aliphatic rings. The van der Waals surface area contributed by atoms with Gasteiger partial charge in [0.1, 0.15) is 5.82 Å². The Bertz CT molecular complexity index is 1640. The number of hydrogen-bond acceptors (Lipinski definition) is 4. The van der Waals surface area contributed by atoms with Crippen LogP contribution in [0.2, 0.25) is 5.02 Å². The van der Waals surface area contributed by atoms with Crippen molar-refractivity contribution in [3.05, 3.63) is 85.3 Å². The van der Waals surface area contributed by atoms with Gasteiger partial charge in [0.15, 0.2) is 17.0 Å². The van der Waals surface area contributed by atoms with Crippen molar-refractivity contribution in [3.63, 3.8) is 0 Å². The molecule has 0 N–H and O–H groups in total. The van der Waals surface area contributed by atoms with Crippen molar-refractivity contribution in [2.45, 2.75) is 13.5 Å². The number of aromatic nitrogens is 6. The van der Waals surface area contributed by atoms with Crippen LogP contribution < -0.4 is 11.2 Å². The lowest BCUT2D eigenvalue weighted by Gasteiger charge is -2.08. The van der Waals surface area contributed by atoms with E-state index in [1.165, 1.54) is 28.1 Å². The summed E-state index contributed by atoms with van der Waals surface area (Å²) in [7, 11) is 2.97. The fraction of sp³-hybridized carbons (Fsp3) is 0.182. The molecule has 3 heterocycles. The van der Waals surface area contributed by atoms with Gasteiger partial charge in [-0.25, -0.2) is 13.6 Å². The zero-order chi connectivity index (χ0) is 22.7. The number of hydrogen-bond donors (Lipinski definition) is 0. The van der Waals surface area contributed by atoms with Crippen LogP contribution in [0.25, 0.3) is 28.3 Å². The van der Waals surface area contributed by atoms with Crippen molar-refractivity contribution < 1.29 is 4.39 Å². The van der Waals surface area contributed by atoms with Crippen LogP contribution in [0, 0.1) is 12.7 Å². The summed E-state index contributed by atoms with van der Waals surface area (Å²) in [6.45, 7) is 2.29. The van der Waals surface area contributed by atoms with Crippen LogP contribution in [-0.4, -0.2) is 28.3 Å². The van der Waals surface area contributed by atoms with E-state index in [2.05, 4.69) is 10.2 Å². The minimum Gasteiger partial charge on any atom is -0.298 e. The summed E-state index contributed by atoms with van der Waals surface area (Å²) in [6.07, 6.45) is 0. The fourth-order valence-electron chi connectivity index (χ4n) is 4.07. The lowest BCUT2D eigenvalue weighted by Crippen LogP contribution is -2.37. The molecule has 0 atom stereocenters. The molecule has 10 heteroatoms. The van der Waals surface area contributed by atoms with Crippen LogP contribution in [-0.2, 0) is 20.6 Å². The molecule has 32 heavy (non-hydrogen) atoms. The molecule has 162 valence electrons. The largest absolute Gasteiger partial charge is 0.332 e. The van der Waals surface area contributed by atoms with Crippen molar-refractivity contribution in [2.24, 2.45) is 14.1 Å². The average Bonchev–Trinajstić information content (AvgIpc) is 3.30. The van der Waals surface area contributed by atoms with E-state index in [4.69, 9.17) is 11.6 Å². The van der Waals surface area contributed by atoms with Gasteiger partial charge in [0, 0.05) is 14.1 Å². The Balaban J connectivity index is 1.95. The highest BCUT2D eigenvalue weighted by Gasteiger charge is 2.26. The van der Waals surface area contributed by atoms with Crippen molar-refractivity contribution >= 4 is 28.5 Å². The molecule has 0 saturated heterocycles. The second kappa shape index (κ2) is 7.16. The highest BCUT2D eigenvalue weighted by molar-refractivity contribution is 6.33. The third-order valence-electron chi connectivity index (χ3n) is 5.59. The van der Waals surface area contributed by atoms with E-state index >= 15 is 0 Å². The molecule has 3 aromatic heterocycles. The number of halogens is 2. The average molecular weight is 453 g/mol. The van der Waals surface area contributed by atoms with Gasteiger partial charge >= 0.3 is 5.69 Å². The van der Waals surface area contributed by atoms with Crippen LogP contribution in [0.4, 0.5) is 4.39 Å². The van der Waals surface area contributed by atoms with Crippen LogP contribution in [0.3, 0.4) is 0 Å². The van der Waals surface area contributed by atoms with Gasteiger partial charge in [0.2, 0.25) is 5.78 Å². The maximum absolute atomic E-state index is 14.8. The maximum atomic E-state index is 14.8. The molecular formula is C22H18ClFN6O2. The first-order valence-electron chi connectivity index (χ1n) is 9.83. The number of nitrogens with zero attached hydrogens (tertiary/aromatic N) is 6. The van der Waals surface area contributed by atoms with E-state index in [1.54, 1.807) is 17.7 Å². The summed E-state index contributed by atoms with van der Waals surface area (Å²) in [5.74, 6) is -0.173. The molecule has 0 amide bonds. The Labute approximate surface area is 185 Å². The summed E-state index contributed by atoms with van der Waals surface area (Å²) in [6, 6.07) is 12.1. The molecule has 5 aromatic rings. The van der Waals surface area contributed by atoms with Crippen molar-refractivity contribution in [3.8, 4) is 11.4 Å². The predicted octanol–water partition coefficient (Wildman–Crippen LogP) is 2.90. The van der Waals surface area contributed by atoms with E-state index in [-0.39, 0.29) is 27.6 Å². The molecule has 0 spiro atoms. The van der Waals surface area contributed by atoms with Crippen molar-refractivity contribution in [1.29, 1.82) is 0 Å². The first kappa shape index (κ1) is 20.2. The standard InChI is InChI=1S/C22H18ClFN6O2/c1-12-6-4-7-13(10-12)11-29-17-19(27(2)22(32)28(3)20(17)31)30-18(25-26-21(29)30)16-14(23)8-5-9-15(16)24/h4-10H,11H2,1-3H3. The van der Waals surface area contributed by atoms with Gasteiger partial charge in [0.05, 0.1) is 17.1 Å². The predicted molar refractivity (Wildman–Crippen MR) is 120 cm³/mol. The van der Waals surface area contributed by atoms with Gasteiger partial charge in [0.25, 0.3) is 5.56 Å². The molecule has 2 aromatic carbocycles. The van der Waals surface area contributed by atoms with Crippen LogP contribution in [0.1, 0.15) is 11.1 Å². The van der Waals surface area contributed by atoms with E-state index < -0.39 is 17.1 Å². The molecule has 0 aliphatic heterocycles. The van der Waals surface area contributed by atoms with E-state index in [0.29, 0.717) is 12.3 Å². The van der Waals surface area contributed by atoms with Gasteiger partial charge in [-0.15, -0.1) is 10.2 Å². The minimum atomic E-state index is -0.583. The number of rotatable bonds is 3. The number of aryl methyl sites for hydroxylation is 2. The van der Waals surface area contributed by atoms with E-state index in [1.807, 2.05) is 31.2 Å². The highest BCUT2D eigenvalue weighted by atomic mass is 35.5. The third-order valence-corrected chi connectivity index (χ3v) is 5.90. The van der Waals surface area contributed by atoms with Gasteiger partial charge in [-0.05, 0) is 24.6 Å². The van der Waals surface area contributed by atoms with E-state index in [0.717, 1.165) is 15.7 Å². The molecule has 0 aliphatic carbocycles. The molecule has 0 saturated carbocycles. The first-order valence-corrected chi connectivity index (χ1v) is 10.2. The molecule has 0 bridgehead atoms. The molecule has 0 radical (unpaired) electrons. The smallest absolute Gasteiger partial charge is 0.298 e. The van der Waals surface area contributed by atoms with Gasteiger partial charge < -0.3 is 0 Å². The normalized spacial score (nSPS) is 11.7. The second-order valence-corrected chi connectivity index (χ2v) is 8.12. The summed E-state index contributed by atoms with van der Waals surface area (Å²) < 4.78 is 20.3. The molecular weight excluding hydrogens is 435 g/mol. The molecule has 0 unspecified atom stereocenters. The fourth-order valence-corrected chi connectivity index (χ4v) is 4.32. The number of imidazole rings is 1. The van der Waals surface area contributed by atoms with Crippen LogP contribution in [0.5, 0.6) is 0 Å². The van der Waals surface area contributed by atoms with Gasteiger partial charge in [-0.3, -0.25) is 18.5 Å².